The van der Waals surface area contributed by atoms with Gasteiger partial charge in [-0.1, -0.05) is 27.7 Å². The van der Waals surface area contributed by atoms with E-state index in [1.807, 2.05) is 13.0 Å². The zero-order chi connectivity index (χ0) is 18.4. The standard InChI is InChI=1S/C19H31N3O2S/c1-6-25-18-16(17(23)20-8-7-19(3,4)5)14(2)13-15(21-18)22-9-11-24-12-10-22/h13H,6-12H2,1-5H3,(H,20,23). The number of amides is 1. The molecule has 0 radical (unpaired) electrons. The molecule has 1 fully saturated rings. The second-order valence-corrected chi connectivity index (χ2v) is 8.83. The van der Waals surface area contributed by atoms with Crippen molar-refractivity contribution in [2.45, 2.75) is 46.1 Å². The van der Waals surface area contributed by atoms with E-state index in [4.69, 9.17) is 9.72 Å². The largest absolute Gasteiger partial charge is 0.378 e. The summed E-state index contributed by atoms with van der Waals surface area (Å²) in [7, 11) is 0. The molecule has 0 bridgehead atoms. The molecule has 6 heteroatoms. The molecule has 0 atom stereocenters. The fourth-order valence-corrected chi connectivity index (χ4v) is 3.57. The van der Waals surface area contributed by atoms with E-state index in [-0.39, 0.29) is 11.3 Å². The van der Waals surface area contributed by atoms with Crippen molar-refractivity contribution >= 4 is 23.5 Å². The van der Waals surface area contributed by atoms with E-state index < -0.39 is 0 Å². The monoisotopic (exact) mass is 365 g/mol. The first kappa shape index (κ1) is 20.0. The van der Waals surface area contributed by atoms with Gasteiger partial charge in [-0.2, -0.15) is 0 Å². The first-order valence-electron chi connectivity index (χ1n) is 9.07. The number of thioether (sulfide) groups is 1. The third-order valence-corrected chi connectivity index (χ3v) is 5.03. The Labute approximate surface area is 155 Å². The lowest BCUT2D eigenvalue weighted by molar-refractivity contribution is 0.0945. The normalized spacial score (nSPS) is 15.3. The molecule has 1 saturated heterocycles. The molecule has 1 amide bonds. The van der Waals surface area contributed by atoms with Gasteiger partial charge in [-0.05, 0) is 36.1 Å². The summed E-state index contributed by atoms with van der Waals surface area (Å²) in [5.74, 6) is 1.82. The van der Waals surface area contributed by atoms with Crippen LogP contribution in [0.2, 0.25) is 0 Å². The molecule has 2 heterocycles. The Morgan fingerprint density at radius 1 is 1.36 bits per heavy atom. The first-order valence-corrected chi connectivity index (χ1v) is 10.1. The summed E-state index contributed by atoms with van der Waals surface area (Å²) < 4.78 is 5.42. The molecule has 1 N–H and O–H groups in total. The summed E-state index contributed by atoms with van der Waals surface area (Å²) in [4.78, 5) is 19.8. The molecule has 140 valence electrons. The van der Waals surface area contributed by atoms with Crippen LogP contribution in [-0.2, 0) is 4.74 Å². The Morgan fingerprint density at radius 3 is 2.64 bits per heavy atom. The highest BCUT2D eigenvalue weighted by atomic mass is 32.2. The molecule has 0 spiro atoms. The van der Waals surface area contributed by atoms with E-state index in [1.165, 1.54) is 0 Å². The fourth-order valence-electron chi connectivity index (χ4n) is 2.74. The van der Waals surface area contributed by atoms with Gasteiger partial charge >= 0.3 is 0 Å². The van der Waals surface area contributed by atoms with Crippen LogP contribution < -0.4 is 10.2 Å². The van der Waals surface area contributed by atoms with Gasteiger partial charge in [0.05, 0.1) is 18.8 Å². The van der Waals surface area contributed by atoms with Crippen LogP contribution in [-0.4, -0.2) is 49.5 Å². The van der Waals surface area contributed by atoms with Crippen molar-refractivity contribution < 1.29 is 9.53 Å². The van der Waals surface area contributed by atoms with Crippen molar-refractivity contribution in [1.82, 2.24) is 10.3 Å². The van der Waals surface area contributed by atoms with Crippen molar-refractivity contribution in [3.05, 3.63) is 17.2 Å². The van der Waals surface area contributed by atoms with Crippen LogP contribution >= 0.6 is 11.8 Å². The van der Waals surface area contributed by atoms with Crippen LogP contribution in [0.15, 0.2) is 11.1 Å². The number of anilines is 1. The number of ether oxygens (including phenoxy) is 1. The van der Waals surface area contributed by atoms with Gasteiger partial charge < -0.3 is 15.0 Å². The van der Waals surface area contributed by atoms with Gasteiger partial charge in [0, 0.05) is 19.6 Å². The van der Waals surface area contributed by atoms with Crippen molar-refractivity contribution in [3.8, 4) is 0 Å². The van der Waals surface area contributed by atoms with E-state index in [1.54, 1.807) is 11.8 Å². The number of aromatic nitrogens is 1. The predicted octanol–water partition coefficient (Wildman–Crippen LogP) is 3.50. The molecule has 25 heavy (non-hydrogen) atoms. The minimum absolute atomic E-state index is 0.0151. The zero-order valence-corrected chi connectivity index (χ0v) is 17.0. The van der Waals surface area contributed by atoms with Gasteiger partial charge in [0.1, 0.15) is 10.8 Å². The summed E-state index contributed by atoms with van der Waals surface area (Å²) in [5, 5.41) is 3.90. The van der Waals surface area contributed by atoms with E-state index in [2.05, 4.69) is 37.9 Å². The van der Waals surface area contributed by atoms with Crippen molar-refractivity contribution in [3.63, 3.8) is 0 Å². The molecule has 1 aliphatic rings. The van der Waals surface area contributed by atoms with Crippen LogP contribution in [0.1, 0.15) is 50.0 Å². The van der Waals surface area contributed by atoms with Crippen molar-refractivity contribution in [2.24, 2.45) is 5.41 Å². The average molecular weight is 366 g/mol. The molecule has 1 aromatic heterocycles. The Kier molecular flexibility index (Phi) is 7.14. The number of pyridine rings is 1. The van der Waals surface area contributed by atoms with Crippen LogP contribution in [0.4, 0.5) is 5.82 Å². The first-order chi connectivity index (χ1) is 11.8. The molecule has 5 nitrogen and oxygen atoms in total. The molecule has 0 aromatic carbocycles. The lowest BCUT2D eigenvalue weighted by Gasteiger charge is -2.29. The molecule has 0 aliphatic carbocycles. The Bertz CT molecular complexity index is 593. The topological polar surface area (TPSA) is 54.5 Å². The quantitative estimate of drug-likeness (QED) is 0.782. The number of nitrogens with zero attached hydrogens (tertiary/aromatic N) is 2. The lowest BCUT2D eigenvalue weighted by Crippen LogP contribution is -2.37. The summed E-state index contributed by atoms with van der Waals surface area (Å²) in [6, 6.07) is 2.03. The number of aryl methyl sites for hydroxylation is 1. The van der Waals surface area contributed by atoms with E-state index in [0.717, 1.165) is 60.4 Å². The average Bonchev–Trinajstić information content (AvgIpc) is 2.54. The Morgan fingerprint density at radius 2 is 2.04 bits per heavy atom. The van der Waals surface area contributed by atoms with E-state index in [9.17, 15) is 4.79 Å². The van der Waals surface area contributed by atoms with Gasteiger partial charge in [-0.15, -0.1) is 11.8 Å². The molecule has 2 rings (SSSR count). The van der Waals surface area contributed by atoms with E-state index in [0.29, 0.717) is 6.54 Å². The maximum Gasteiger partial charge on any atom is 0.254 e. The lowest BCUT2D eigenvalue weighted by atomic mass is 9.92. The van der Waals surface area contributed by atoms with Gasteiger partial charge in [-0.25, -0.2) is 4.98 Å². The van der Waals surface area contributed by atoms with Crippen molar-refractivity contribution in [2.75, 3.05) is 43.5 Å². The number of nitrogens with one attached hydrogen (secondary N) is 1. The minimum Gasteiger partial charge on any atom is -0.378 e. The molecular weight excluding hydrogens is 334 g/mol. The molecule has 0 saturated carbocycles. The number of morpholine rings is 1. The van der Waals surface area contributed by atoms with Gasteiger partial charge in [-0.3, -0.25) is 4.79 Å². The van der Waals surface area contributed by atoms with Crippen LogP contribution in [0.3, 0.4) is 0 Å². The highest BCUT2D eigenvalue weighted by molar-refractivity contribution is 7.99. The highest BCUT2D eigenvalue weighted by Gasteiger charge is 2.21. The number of hydrogen-bond donors (Lipinski definition) is 1. The summed E-state index contributed by atoms with van der Waals surface area (Å²) in [6.07, 6.45) is 0.952. The second kappa shape index (κ2) is 8.90. The second-order valence-electron chi connectivity index (χ2n) is 7.58. The molecule has 1 aliphatic heterocycles. The van der Waals surface area contributed by atoms with E-state index >= 15 is 0 Å². The van der Waals surface area contributed by atoms with Crippen molar-refractivity contribution in [1.29, 1.82) is 0 Å². The highest BCUT2D eigenvalue weighted by Crippen LogP contribution is 2.28. The van der Waals surface area contributed by atoms with Gasteiger partial charge in [0.25, 0.3) is 5.91 Å². The Balaban J connectivity index is 2.19. The fraction of sp³-hybridized carbons (Fsp3) is 0.684. The Hall–Kier alpha value is -1.27. The number of carbonyl (C=O) groups excluding carboxylic acids is 1. The minimum atomic E-state index is -0.0151. The number of carbonyl (C=O) groups is 1. The smallest absolute Gasteiger partial charge is 0.254 e. The summed E-state index contributed by atoms with van der Waals surface area (Å²) in [6.45, 7) is 14.5. The maximum atomic E-state index is 12.7. The summed E-state index contributed by atoms with van der Waals surface area (Å²) in [5.41, 5.74) is 1.92. The van der Waals surface area contributed by atoms with Crippen LogP contribution in [0.25, 0.3) is 0 Å². The third kappa shape index (κ3) is 5.89. The third-order valence-electron chi connectivity index (χ3n) is 4.17. The summed E-state index contributed by atoms with van der Waals surface area (Å²) >= 11 is 1.63. The van der Waals surface area contributed by atoms with Gasteiger partial charge in [0.15, 0.2) is 0 Å². The zero-order valence-electron chi connectivity index (χ0n) is 16.1. The number of rotatable bonds is 6. The number of hydrogen-bond acceptors (Lipinski definition) is 5. The van der Waals surface area contributed by atoms with Crippen LogP contribution in [0, 0.1) is 12.3 Å². The molecule has 1 aromatic rings. The SMILES string of the molecule is CCSc1nc(N2CCOCC2)cc(C)c1C(=O)NCCC(C)(C)C. The van der Waals surface area contributed by atoms with Gasteiger partial charge in [0.2, 0.25) is 0 Å². The molecular formula is C19H31N3O2S. The maximum absolute atomic E-state index is 12.7. The van der Waals surface area contributed by atoms with Crippen LogP contribution in [0.5, 0.6) is 0 Å². The predicted molar refractivity (Wildman–Crippen MR) is 105 cm³/mol. The molecule has 0 unspecified atom stereocenters.